The van der Waals surface area contributed by atoms with Crippen LogP contribution in [0.2, 0.25) is 0 Å². The molecule has 30 heavy (non-hydrogen) atoms. The molecule has 0 aromatic rings. The van der Waals surface area contributed by atoms with Crippen LogP contribution in [0, 0.1) is 17.8 Å². The normalized spacial score (nSPS) is 33.7. The molecule has 0 aromatic carbocycles. The largest absolute Gasteiger partial charge is 0.466 e. The lowest BCUT2D eigenvalue weighted by Crippen LogP contribution is -2.60. The number of hydrogen-bond donors (Lipinski definition) is 2. The second kappa shape index (κ2) is 8.11. The number of nitrogens with one attached hydrogen (secondary N) is 1. The van der Waals surface area contributed by atoms with E-state index in [0.29, 0.717) is 19.3 Å². The number of ether oxygens (including phenoxy) is 2. The number of rotatable bonds is 7. The van der Waals surface area contributed by atoms with Crippen LogP contribution in [-0.2, 0) is 23.9 Å². The zero-order chi connectivity index (χ0) is 22.4. The van der Waals surface area contributed by atoms with Crippen LogP contribution in [-0.4, -0.2) is 70.3 Å². The summed E-state index contributed by atoms with van der Waals surface area (Å²) in [6.07, 6.45) is 1.28. The molecule has 0 unspecified atom stereocenters. The Labute approximate surface area is 178 Å². The first kappa shape index (κ1) is 23.0. The van der Waals surface area contributed by atoms with Crippen molar-refractivity contribution in [3.8, 4) is 0 Å². The number of carbonyl (C=O) groups excluding carboxylic acids is 3. The number of fused-ring (bicyclic) bond motifs is 1. The molecular formula is C22H36N2O6. The third-order valence-corrected chi connectivity index (χ3v) is 6.39. The Morgan fingerprint density at radius 3 is 2.57 bits per heavy atom. The van der Waals surface area contributed by atoms with Crippen molar-refractivity contribution in [3.05, 3.63) is 0 Å². The molecule has 6 atom stereocenters. The van der Waals surface area contributed by atoms with E-state index in [2.05, 4.69) is 5.32 Å². The molecule has 1 spiro atoms. The van der Waals surface area contributed by atoms with Gasteiger partial charge in [0.05, 0.1) is 37.2 Å². The molecule has 0 saturated carbocycles. The minimum Gasteiger partial charge on any atom is -0.466 e. The number of aliphatic hydroxyl groups is 1. The lowest BCUT2D eigenvalue weighted by Gasteiger charge is -2.38. The second-order valence-electron chi connectivity index (χ2n) is 10.3. The van der Waals surface area contributed by atoms with Crippen LogP contribution < -0.4 is 5.32 Å². The molecule has 3 saturated heterocycles. The topological polar surface area (TPSA) is 105 Å². The zero-order valence-electron chi connectivity index (χ0n) is 18.9. The molecule has 3 heterocycles. The molecule has 0 radical (unpaired) electrons. The van der Waals surface area contributed by atoms with Crippen molar-refractivity contribution in [2.24, 2.45) is 17.8 Å². The highest BCUT2D eigenvalue weighted by molar-refractivity contribution is 5.98. The Morgan fingerprint density at radius 1 is 1.37 bits per heavy atom. The van der Waals surface area contributed by atoms with Gasteiger partial charge in [0.2, 0.25) is 11.8 Å². The molecule has 2 bridgehead atoms. The first-order valence-electron chi connectivity index (χ1n) is 11.1. The van der Waals surface area contributed by atoms with E-state index < -0.39 is 47.1 Å². The van der Waals surface area contributed by atoms with Crippen molar-refractivity contribution < 1.29 is 29.0 Å². The van der Waals surface area contributed by atoms with Gasteiger partial charge < -0.3 is 24.8 Å². The summed E-state index contributed by atoms with van der Waals surface area (Å²) in [7, 11) is 0. The quantitative estimate of drug-likeness (QED) is 0.596. The van der Waals surface area contributed by atoms with Gasteiger partial charge in [-0.15, -0.1) is 0 Å². The van der Waals surface area contributed by atoms with Crippen LogP contribution in [0.25, 0.3) is 0 Å². The van der Waals surface area contributed by atoms with Crippen molar-refractivity contribution in [2.45, 2.75) is 90.1 Å². The Balaban J connectivity index is 2.05. The van der Waals surface area contributed by atoms with Crippen LogP contribution >= 0.6 is 0 Å². The predicted octanol–water partition coefficient (Wildman–Crippen LogP) is 1.25. The van der Waals surface area contributed by atoms with Gasteiger partial charge in [0, 0.05) is 5.54 Å². The van der Waals surface area contributed by atoms with E-state index in [1.165, 1.54) is 4.90 Å². The van der Waals surface area contributed by atoms with E-state index in [-0.39, 0.29) is 30.9 Å². The predicted molar refractivity (Wildman–Crippen MR) is 109 cm³/mol. The van der Waals surface area contributed by atoms with E-state index in [9.17, 15) is 19.5 Å². The number of amides is 2. The maximum absolute atomic E-state index is 13.7. The number of hydrogen-bond acceptors (Lipinski definition) is 6. The minimum atomic E-state index is -1.06. The van der Waals surface area contributed by atoms with Crippen molar-refractivity contribution in [3.63, 3.8) is 0 Å². The molecule has 2 amide bonds. The van der Waals surface area contributed by atoms with Crippen molar-refractivity contribution in [2.75, 3.05) is 13.2 Å². The van der Waals surface area contributed by atoms with Gasteiger partial charge in [-0.05, 0) is 52.9 Å². The number of aliphatic hydroxyl groups excluding tert-OH is 1. The zero-order valence-corrected chi connectivity index (χ0v) is 18.9. The van der Waals surface area contributed by atoms with Crippen LogP contribution in [0.5, 0.6) is 0 Å². The molecule has 3 fully saturated rings. The third-order valence-electron chi connectivity index (χ3n) is 6.39. The SMILES string of the molecule is CCOC(=O)[C@@H]1[C@@H]2CC[C@]3(O2)[C@H](C(=O)NC(C)(C)C)N([C@@H](CO)CC(C)C)C(=O)[C@@H]13. The van der Waals surface area contributed by atoms with Gasteiger partial charge in [-0.2, -0.15) is 0 Å². The van der Waals surface area contributed by atoms with E-state index in [0.717, 1.165) is 0 Å². The monoisotopic (exact) mass is 424 g/mol. The van der Waals surface area contributed by atoms with Crippen LogP contribution in [0.15, 0.2) is 0 Å². The maximum atomic E-state index is 13.7. The van der Waals surface area contributed by atoms with Crippen LogP contribution in [0.1, 0.15) is 60.8 Å². The Hall–Kier alpha value is -1.67. The summed E-state index contributed by atoms with van der Waals surface area (Å²) >= 11 is 0. The Kier molecular flexibility index (Phi) is 6.22. The van der Waals surface area contributed by atoms with Gasteiger partial charge in [-0.3, -0.25) is 14.4 Å². The average molecular weight is 425 g/mol. The number of esters is 1. The smallest absolute Gasteiger partial charge is 0.312 e. The van der Waals surface area contributed by atoms with Gasteiger partial charge in [-0.25, -0.2) is 0 Å². The third kappa shape index (κ3) is 3.73. The van der Waals surface area contributed by atoms with E-state index in [1.807, 2.05) is 34.6 Å². The lowest BCUT2D eigenvalue weighted by atomic mass is 9.70. The van der Waals surface area contributed by atoms with E-state index >= 15 is 0 Å². The fourth-order valence-electron chi connectivity index (χ4n) is 5.55. The molecule has 0 aromatic heterocycles. The van der Waals surface area contributed by atoms with Crippen LogP contribution in [0.3, 0.4) is 0 Å². The fourth-order valence-corrected chi connectivity index (χ4v) is 5.55. The standard InChI is InChI=1S/C22H36N2O6/c1-7-29-20(28)15-14-8-9-22(30-14)16(15)19(27)24(13(11-25)10-12(2)3)17(22)18(26)23-21(4,5)6/h12-17,25H,7-11H2,1-6H3,(H,23,26)/t13-,14+,15-,16-,17+,22-/m1/s1. The maximum Gasteiger partial charge on any atom is 0.312 e. The highest BCUT2D eigenvalue weighted by Crippen LogP contribution is 2.59. The number of likely N-dealkylation sites (tertiary alicyclic amines) is 1. The van der Waals surface area contributed by atoms with Gasteiger partial charge in [0.1, 0.15) is 11.6 Å². The van der Waals surface area contributed by atoms with Crippen LogP contribution in [0.4, 0.5) is 0 Å². The van der Waals surface area contributed by atoms with Crippen molar-refractivity contribution >= 4 is 17.8 Å². The molecule has 3 aliphatic heterocycles. The average Bonchev–Trinajstić information content (AvgIpc) is 3.25. The van der Waals surface area contributed by atoms with Gasteiger partial charge >= 0.3 is 5.97 Å². The summed E-state index contributed by atoms with van der Waals surface area (Å²) in [5.41, 5.74) is -1.55. The van der Waals surface area contributed by atoms with Gasteiger partial charge in [-0.1, -0.05) is 13.8 Å². The Bertz CT molecular complexity index is 702. The summed E-state index contributed by atoms with van der Waals surface area (Å²) in [6.45, 7) is 11.4. The second-order valence-corrected chi connectivity index (χ2v) is 10.3. The molecule has 170 valence electrons. The van der Waals surface area contributed by atoms with E-state index in [4.69, 9.17) is 9.47 Å². The highest BCUT2D eigenvalue weighted by Gasteiger charge is 2.75. The van der Waals surface area contributed by atoms with Crippen molar-refractivity contribution in [1.82, 2.24) is 10.2 Å². The number of carbonyl (C=O) groups is 3. The molecule has 2 N–H and O–H groups in total. The first-order valence-corrected chi connectivity index (χ1v) is 11.1. The molecule has 3 rings (SSSR count). The minimum absolute atomic E-state index is 0.220. The van der Waals surface area contributed by atoms with Gasteiger partial charge in [0.15, 0.2) is 0 Å². The van der Waals surface area contributed by atoms with E-state index in [1.54, 1.807) is 6.92 Å². The van der Waals surface area contributed by atoms with Crippen molar-refractivity contribution in [1.29, 1.82) is 0 Å². The molecule has 8 heteroatoms. The first-order chi connectivity index (χ1) is 14.0. The molecule has 0 aliphatic carbocycles. The molecule has 3 aliphatic rings. The fraction of sp³-hybridized carbons (Fsp3) is 0.864. The summed E-state index contributed by atoms with van der Waals surface area (Å²) in [5, 5.41) is 13.1. The molecular weight excluding hydrogens is 388 g/mol. The summed E-state index contributed by atoms with van der Waals surface area (Å²) in [4.78, 5) is 41.4. The summed E-state index contributed by atoms with van der Waals surface area (Å²) < 4.78 is 11.6. The summed E-state index contributed by atoms with van der Waals surface area (Å²) in [5.74, 6) is -2.28. The number of nitrogens with zero attached hydrogens (tertiary/aromatic N) is 1. The lowest BCUT2D eigenvalue weighted by molar-refractivity contribution is -0.155. The van der Waals surface area contributed by atoms with Gasteiger partial charge in [0.25, 0.3) is 0 Å². The Morgan fingerprint density at radius 2 is 2.03 bits per heavy atom. The molecule has 8 nitrogen and oxygen atoms in total. The highest BCUT2D eigenvalue weighted by atomic mass is 16.6. The summed E-state index contributed by atoms with van der Waals surface area (Å²) in [6, 6.07) is -1.40.